The number of hydrogen-bond donors (Lipinski definition) is 2. The monoisotopic (exact) mass is 345 g/mol. The summed E-state index contributed by atoms with van der Waals surface area (Å²) in [5.74, 6) is -0.649. The predicted molar refractivity (Wildman–Crippen MR) is 93.0 cm³/mol. The summed E-state index contributed by atoms with van der Waals surface area (Å²) in [6.07, 6.45) is -0.290. The Labute approximate surface area is 145 Å². The molecule has 0 aliphatic carbocycles. The molecule has 1 heterocycles. The van der Waals surface area contributed by atoms with E-state index < -0.39 is 17.7 Å². The second-order valence-electron chi connectivity index (χ2n) is 5.95. The van der Waals surface area contributed by atoms with Crippen molar-refractivity contribution in [3.05, 3.63) is 65.5 Å². The Morgan fingerprint density at radius 1 is 1.12 bits per heavy atom. The van der Waals surface area contributed by atoms with Gasteiger partial charge in [-0.15, -0.1) is 0 Å². The third-order valence-corrected chi connectivity index (χ3v) is 4.13. The number of hydrogen-bond acceptors (Lipinski definition) is 3. The molecule has 0 aliphatic rings. The number of benzene rings is 2. The summed E-state index contributed by atoms with van der Waals surface area (Å²) in [6.45, 7) is 3.37. The van der Waals surface area contributed by atoms with E-state index >= 15 is 0 Å². The molecule has 6 heteroatoms. The van der Waals surface area contributed by atoms with Crippen molar-refractivity contribution in [1.82, 2.24) is 14.9 Å². The third kappa shape index (κ3) is 3.70. The first-order chi connectivity index (χ1) is 12.1. The zero-order valence-corrected chi connectivity index (χ0v) is 14.0. The van der Waals surface area contributed by atoms with Crippen molar-refractivity contribution < 1.29 is 13.9 Å². The number of aliphatic hydroxyl groups excluding tert-OH is 1. The Hall–Kier alpha value is -2.31. The molecule has 0 radical (unpaired) electrons. The van der Waals surface area contributed by atoms with Crippen LogP contribution in [0.3, 0.4) is 0 Å². The number of nitrogens with one attached hydrogen (secondary N) is 1. The van der Waals surface area contributed by atoms with Gasteiger partial charge in [-0.05, 0) is 30.7 Å². The van der Waals surface area contributed by atoms with Gasteiger partial charge in [-0.3, -0.25) is 0 Å². The highest BCUT2D eigenvalue weighted by atomic mass is 19.1. The first-order valence-electron chi connectivity index (χ1n) is 8.38. The summed E-state index contributed by atoms with van der Waals surface area (Å²) < 4.78 is 29.5. The molecule has 1 unspecified atom stereocenters. The Morgan fingerprint density at radius 3 is 2.56 bits per heavy atom. The van der Waals surface area contributed by atoms with Gasteiger partial charge in [0, 0.05) is 13.1 Å². The van der Waals surface area contributed by atoms with Crippen molar-refractivity contribution in [2.24, 2.45) is 0 Å². The van der Waals surface area contributed by atoms with E-state index in [0.717, 1.165) is 42.0 Å². The fraction of sp³-hybridized carbons (Fsp3) is 0.316. The Bertz CT molecular complexity index is 843. The maximum Gasteiger partial charge on any atom is 0.131 e. The van der Waals surface area contributed by atoms with Crippen molar-refractivity contribution in [2.45, 2.75) is 32.5 Å². The lowest BCUT2D eigenvalue weighted by molar-refractivity contribution is 0.164. The van der Waals surface area contributed by atoms with Crippen LogP contribution in [0.15, 0.2) is 42.5 Å². The van der Waals surface area contributed by atoms with Crippen LogP contribution in [0, 0.1) is 11.6 Å². The van der Waals surface area contributed by atoms with Crippen LogP contribution >= 0.6 is 0 Å². The molecular formula is C19H21F2N3O. The van der Waals surface area contributed by atoms with Gasteiger partial charge in [0.25, 0.3) is 0 Å². The van der Waals surface area contributed by atoms with Crippen LogP contribution in [0.4, 0.5) is 8.78 Å². The van der Waals surface area contributed by atoms with Gasteiger partial charge in [-0.25, -0.2) is 13.8 Å². The minimum Gasteiger partial charge on any atom is -0.387 e. The lowest BCUT2D eigenvalue weighted by atomic mass is 10.1. The molecule has 0 bridgehead atoms. The van der Waals surface area contributed by atoms with Crippen molar-refractivity contribution in [2.75, 3.05) is 6.54 Å². The maximum atomic E-state index is 13.7. The van der Waals surface area contributed by atoms with Crippen LogP contribution in [0.5, 0.6) is 0 Å². The first kappa shape index (κ1) is 17.5. The molecule has 2 aromatic carbocycles. The minimum atomic E-state index is -1.26. The van der Waals surface area contributed by atoms with Crippen molar-refractivity contribution in [3.8, 4) is 0 Å². The molecule has 0 aliphatic heterocycles. The van der Waals surface area contributed by atoms with Gasteiger partial charge in [0.2, 0.25) is 0 Å². The zero-order valence-electron chi connectivity index (χ0n) is 14.0. The summed E-state index contributed by atoms with van der Waals surface area (Å²) in [5, 5.41) is 13.2. The van der Waals surface area contributed by atoms with Gasteiger partial charge in [-0.1, -0.05) is 25.1 Å². The first-order valence-corrected chi connectivity index (χ1v) is 8.38. The fourth-order valence-corrected chi connectivity index (χ4v) is 2.99. The molecule has 25 heavy (non-hydrogen) atoms. The molecule has 3 aromatic rings. The van der Waals surface area contributed by atoms with Crippen molar-refractivity contribution >= 4 is 11.0 Å². The van der Waals surface area contributed by atoms with E-state index in [1.807, 2.05) is 24.3 Å². The molecule has 2 N–H and O–H groups in total. The number of fused-ring (bicyclic) bond motifs is 1. The molecule has 0 saturated carbocycles. The van der Waals surface area contributed by atoms with Gasteiger partial charge >= 0.3 is 0 Å². The Kier molecular flexibility index (Phi) is 5.40. The molecule has 1 atom stereocenters. The van der Waals surface area contributed by atoms with E-state index in [2.05, 4.69) is 21.8 Å². The van der Waals surface area contributed by atoms with Gasteiger partial charge in [-0.2, -0.15) is 0 Å². The second-order valence-corrected chi connectivity index (χ2v) is 5.95. The highest BCUT2D eigenvalue weighted by Crippen LogP contribution is 2.20. The SMILES string of the molecule is CCCn1c(CNCC(O)c2c(F)cccc2F)nc2ccccc21. The molecule has 132 valence electrons. The molecule has 0 spiro atoms. The van der Waals surface area contributed by atoms with Crippen molar-refractivity contribution in [3.63, 3.8) is 0 Å². The average molecular weight is 345 g/mol. The zero-order chi connectivity index (χ0) is 17.8. The molecule has 1 aromatic heterocycles. The number of para-hydroxylation sites is 2. The van der Waals surface area contributed by atoms with Gasteiger partial charge in [0.1, 0.15) is 17.5 Å². The fourth-order valence-electron chi connectivity index (χ4n) is 2.99. The van der Waals surface area contributed by atoms with Crippen LogP contribution in [-0.2, 0) is 13.1 Å². The van der Waals surface area contributed by atoms with Gasteiger partial charge < -0.3 is 15.0 Å². The van der Waals surface area contributed by atoms with Crippen LogP contribution in [-0.4, -0.2) is 21.2 Å². The van der Waals surface area contributed by atoms with Crippen LogP contribution in [0.2, 0.25) is 0 Å². The number of halogens is 2. The Morgan fingerprint density at radius 2 is 1.84 bits per heavy atom. The molecule has 0 amide bonds. The standard InChI is InChI=1S/C19H21F2N3O/c1-2-10-24-16-9-4-3-8-15(16)23-18(24)12-22-11-17(25)19-13(20)6-5-7-14(19)21/h3-9,17,22,25H,2,10-12H2,1H3. The second kappa shape index (κ2) is 7.72. The third-order valence-electron chi connectivity index (χ3n) is 4.13. The molecule has 0 fully saturated rings. The highest BCUT2D eigenvalue weighted by molar-refractivity contribution is 5.75. The number of aliphatic hydroxyl groups is 1. The van der Waals surface area contributed by atoms with Crippen LogP contribution in [0.1, 0.15) is 30.8 Å². The number of nitrogens with zero attached hydrogens (tertiary/aromatic N) is 2. The predicted octanol–water partition coefficient (Wildman–Crippen LogP) is 3.55. The topological polar surface area (TPSA) is 50.1 Å². The average Bonchev–Trinajstić information content (AvgIpc) is 2.93. The van der Waals surface area contributed by atoms with Gasteiger partial charge in [0.15, 0.2) is 0 Å². The molecule has 4 nitrogen and oxygen atoms in total. The van der Waals surface area contributed by atoms with Crippen LogP contribution in [0.25, 0.3) is 11.0 Å². The number of imidazole rings is 1. The summed E-state index contributed by atoms with van der Waals surface area (Å²) in [7, 11) is 0. The van der Waals surface area contributed by atoms with Gasteiger partial charge in [0.05, 0.1) is 29.2 Å². The van der Waals surface area contributed by atoms with E-state index in [1.54, 1.807) is 0 Å². The quantitative estimate of drug-likeness (QED) is 0.688. The summed E-state index contributed by atoms with van der Waals surface area (Å²) >= 11 is 0. The van der Waals surface area contributed by atoms with E-state index in [-0.39, 0.29) is 12.1 Å². The number of aryl methyl sites for hydroxylation is 1. The molecule has 3 rings (SSSR count). The van der Waals surface area contributed by atoms with E-state index in [1.165, 1.54) is 6.07 Å². The van der Waals surface area contributed by atoms with Crippen molar-refractivity contribution in [1.29, 1.82) is 0 Å². The summed E-state index contributed by atoms with van der Waals surface area (Å²) in [4.78, 5) is 4.61. The number of aromatic nitrogens is 2. The lowest BCUT2D eigenvalue weighted by Gasteiger charge is -2.14. The maximum absolute atomic E-state index is 13.7. The summed E-state index contributed by atoms with van der Waals surface area (Å²) in [6, 6.07) is 11.4. The minimum absolute atomic E-state index is 0.0349. The normalized spacial score (nSPS) is 12.6. The largest absolute Gasteiger partial charge is 0.387 e. The molecular weight excluding hydrogens is 324 g/mol. The van der Waals surface area contributed by atoms with Crippen LogP contribution < -0.4 is 5.32 Å². The van der Waals surface area contributed by atoms with E-state index in [9.17, 15) is 13.9 Å². The van der Waals surface area contributed by atoms with E-state index in [0.29, 0.717) is 6.54 Å². The molecule has 0 saturated heterocycles. The lowest BCUT2D eigenvalue weighted by Crippen LogP contribution is -2.24. The smallest absolute Gasteiger partial charge is 0.131 e. The highest BCUT2D eigenvalue weighted by Gasteiger charge is 2.18. The van der Waals surface area contributed by atoms with E-state index in [4.69, 9.17) is 0 Å². The number of rotatable bonds is 7. The summed E-state index contributed by atoms with van der Waals surface area (Å²) in [5.41, 5.74) is 1.66. The Balaban J connectivity index is 1.72.